The first-order valence-electron chi connectivity index (χ1n) is 14.5. The van der Waals surface area contributed by atoms with Crippen LogP contribution in [0.2, 0.25) is 0 Å². The number of nitrogens with zero attached hydrogens (tertiary/aromatic N) is 1. The standard InChI is InChI=1S/C25H44N14O7/c1-11-19(41)36-15(9-32-17(40)7-12(27)3-2-5-26)21(43)37-16(10-34-25(30)46)22(44)39-18(14-4-6-31-24(29)38-14)23(45)33-8-13(28)20(42)35-11/h10-15,18H,2-9,26-28H2,1H3,(H,32,40)(H,33,45)(H,35,42)(H,36,41)(H,37,43)(H,39,44)(H3,29,31,38)(H3,30,34,46)/b16-10+/t11-,12+,13+,14-,15+,18-/m0/s1. The fourth-order valence-electron chi connectivity index (χ4n) is 4.28. The third kappa shape index (κ3) is 12.2. The molecule has 21 nitrogen and oxygen atoms in total. The highest BCUT2D eigenvalue weighted by Crippen LogP contribution is 2.07. The maximum atomic E-state index is 13.4. The maximum Gasteiger partial charge on any atom is 0.316 e. The van der Waals surface area contributed by atoms with Crippen LogP contribution in [0.25, 0.3) is 0 Å². The Labute approximate surface area is 264 Å². The second-order valence-corrected chi connectivity index (χ2v) is 10.7. The molecule has 0 unspecified atom stereocenters. The molecule has 0 bridgehead atoms. The predicted molar refractivity (Wildman–Crippen MR) is 163 cm³/mol. The lowest BCUT2D eigenvalue weighted by Gasteiger charge is -2.31. The van der Waals surface area contributed by atoms with E-state index in [0.29, 0.717) is 19.4 Å². The van der Waals surface area contributed by atoms with Crippen molar-refractivity contribution in [3.63, 3.8) is 0 Å². The van der Waals surface area contributed by atoms with Crippen LogP contribution in [0.4, 0.5) is 4.79 Å². The summed E-state index contributed by atoms with van der Waals surface area (Å²) in [5.41, 5.74) is 27.7. The molecule has 0 saturated carbocycles. The molecule has 2 aliphatic heterocycles. The van der Waals surface area contributed by atoms with Gasteiger partial charge in [-0.25, -0.2) is 4.79 Å². The average Bonchev–Trinajstić information content (AvgIpc) is 3.00. The monoisotopic (exact) mass is 652 g/mol. The maximum absolute atomic E-state index is 13.4. The smallest absolute Gasteiger partial charge is 0.316 e. The summed E-state index contributed by atoms with van der Waals surface area (Å²) < 4.78 is 0. The van der Waals surface area contributed by atoms with Gasteiger partial charge < -0.3 is 71.2 Å². The Morgan fingerprint density at radius 3 is 2.41 bits per heavy atom. The second kappa shape index (κ2) is 18.1. The number of rotatable bonds is 9. The number of primary amides is 1. The zero-order chi connectivity index (χ0) is 34.4. The highest BCUT2D eigenvalue weighted by molar-refractivity contribution is 6.02. The molecule has 6 atom stereocenters. The fourth-order valence-corrected chi connectivity index (χ4v) is 4.28. The van der Waals surface area contributed by atoms with Crippen LogP contribution in [0.1, 0.15) is 32.6 Å². The molecule has 0 aromatic heterocycles. The number of guanidine groups is 1. The van der Waals surface area contributed by atoms with E-state index in [1.54, 1.807) is 0 Å². The fraction of sp³-hybridized carbons (Fsp3) is 0.600. The molecule has 0 aromatic carbocycles. The summed E-state index contributed by atoms with van der Waals surface area (Å²) in [4.78, 5) is 93.7. The summed E-state index contributed by atoms with van der Waals surface area (Å²) in [6, 6.07) is -7.79. The number of aliphatic imine (C=N–C) groups is 1. The van der Waals surface area contributed by atoms with Crippen molar-refractivity contribution in [3.05, 3.63) is 11.9 Å². The molecule has 0 spiro atoms. The lowest BCUT2D eigenvalue weighted by atomic mass is 10.0. The topological polar surface area (TPSA) is 358 Å². The van der Waals surface area contributed by atoms with Gasteiger partial charge in [0.2, 0.25) is 29.5 Å². The Kier molecular flexibility index (Phi) is 14.6. The summed E-state index contributed by atoms with van der Waals surface area (Å²) in [7, 11) is 0. The van der Waals surface area contributed by atoms with Crippen LogP contribution in [-0.4, -0.2) is 110 Å². The van der Waals surface area contributed by atoms with Gasteiger partial charge in [0.25, 0.3) is 5.91 Å². The van der Waals surface area contributed by atoms with Crippen LogP contribution < -0.4 is 71.2 Å². The molecule has 256 valence electrons. The van der Waals surface area contributed by atoms with E-state index in [9.17, 15) is 33.6 Å². The Hall–Kier alpha value is -5.02. The number of carbonyl (C=O) groups is 7. The molecule has 46 heavy (non-hydrogen) atoms. The highest BCUT2D eigenvalue weighted by atomic mass is 16.2. The first-order chi connectivity index (χ1) is 21.7. The first kappa shape index (κ1) is 37.2. The molecule has 18 N–H and O–H groups in total. The zero-order valence-electron chi connectivity index (χ0n) is 25.4. The van der Waals surface area contributed by atoms with Gasteiger partial charge in [-0.15, -0.1) is 0 Å². The second-order valence-electron chi connectivity index (χ2n) is 10.7. The van der Waals surface area contributed by atoms with Crippen molar-refractivity contribution < 1.29 is 33.6 Å². The van der Waals surface area contributed by atoms with E-state index in [2.05, 4.69) is 47.5 Å². The van der Waals surface area contributed by atoms with Gasteiger partial charge in [0, 0.05) is 38.3 Å². The van der Waals surface area contributed by atoms with Crippen LogP contribution >= 0.6 is 0 Å². The Balaban J connectivity index is 2.42. The summed E-state index contributed by atoms with van der Waals surface area (Å²) in [5.74, 6) is -5.04. The van der Waals surface area contributed by atoms with Crippen molar-refractivity contribution in [1.82, 2.24) is 42.5 Å². The van der Waals surface area contributed by atoms with E-state index >= 15 is 0 Å². The Bertz CT molecular complexity index is 1230. The number of nitrogens with one attached hydrogen (secondary N) is 8. The third-order valence-electron chi connectivity index (χ3n) is 6.84. The van der Waals surface area contributed by atoms with E-state index in [1.807, 2.05) is 0 Å². The molecule has 2 heterocycles. The van der Waals surface area contributed by atoms with Crippen molar-refractivity contribution >= 4 is 47.4 Å². The molecule has 2 rings (SSSR count). The van der Waals surface area contributed by atoms with Gasteiger partial charge in [0.15, 0.2) is 5.96 Å². The van der Waals surface area contributed by atoms with E-state index in [0.717, 1.165) is 6.20 Å². The third-order valence-corrected chi connectivity index (χ3v) is 6.84. The molecule has 2 aliphatic rings. The zero-order valence-corrected chi connectivity index (χ0v) is 25.4. The highest BCUT2D eigenvalue weighted by Gasteiger charge is 2.34. The van der Waals surface area contributed by atoms with Crippen molar-refractivity contribution in [2.24, 2.45) is 33.7 Å². The van der Waals surface area contributed by atoms with E-state index in [4.69, 9.17) is 28.7 Å². The van der Waals surface area contributed by atoms with Crippen molar-refractivity contribution in [2.75, 3.05) is 26.2 Å². The molecule has 0 aromatic rings. The lowest BCUT2D eigenvalue weighted by Crippen LogP contribution is -2.63. The predicted octanol–water partition coefficient (Wildman–Crippen LogP) is -7.21. The van der Waals surface area contributed by atoms with Crippen molar-refractivity contribution in [1.29, 1.82) is 0 Å². The molecule has 21 heteroatoms. The van der Waals surface area contributed by atoms with E-state index in [1.165, 1.54) is 6.92 Å². The number of amides is 8. The summed E-state index contributed by atoms with van der Waals surface area (Å²) in [5, 5.41) is 19.4. The molecule has 8 amide bonds. The van der Waals surface area contributed by atoms with Crippen LogP contribution in [0.3, 0.4) is 0 Å². The summed E-state index contributed by atoms with van der Waals surface area (Å²) >= 11 is 0. The number of urea groups is 1. The lowest BCUT2D eigenvalue weighted by molar-refractivity contribution is -0.133. The Morgan fingerprint density at radius 2 is 1.76 bits per heavy atom. The normalized spacial score (nSPS) is 26.6. The first-order valence-corrected chi connectivity index (χ1v) is 14.5. The molecule has 0 aliphatic carbocycles. The van der Waals surface area contributed by atoms with Crippen LogP contribution in [0.5, 0.6) is 0 Å². The van der Waals surface area contributed by atoms with Crippen molar-refractivity contribution in [2.45, 2.75) is 68.9 Å². The minimum absolute atomic E-state index is 0.0101. The van der Waals surface area contributed by atoms with Crippen LogP contribution in [0.15, 0.2) is 16.9 Å². The minimum atomic E-state index is -1.52. The van der Waals surface area contributed by atoms with Gasteiger partial charge in [-0.3, -0.25) is 33.8 Å². The van der Waals surface area contributed by atoms with Crippen molar-refractivity contribution in [3.8, 4) is 0 Å². The molecule has 1 fully saturated rings. The molecule has 1 saturated heterocycles. The number of nitrogens with two attached hydrogens (primary N) is 5. The minimum Gasteiger partial charge on any atom is -0.370 e. The molecular formula is C25H44N14O7. The number of hydrogen-bond acceptors (Lipinski definition) is 13. The van der Waals surface area contributed by atoms with Gasteiger partial charge in [-0.2, -0.15) is 0 Å². The largest absolute Gasteiger partial charge is 0.370 e. The summed E-state index contributed by atoms with van der Waals surface area (Å²) in [6.07, 6.45) is 2.01. The molecular weight excluding hydrogens is 608 g/mol. The number of hydrogen-bond donors (Lipinski definition) is 13. The van der Waals surface area contributed by atoms with E-state index in [-0.39, 0.29) is 31.9 Å². The average molecular weight is 653 g/mol. The molecule has 0 radical (unpaired) electrons. The van der Waals surface area contributed by atoms with Gasteiger partial charge in [0.05, 0.1) is 6.04 Å². The van der Waals surface area contributed by atoms with Crippen LogP contribution in [-0.2, 0) is 28.8 Å². The van der Waals surface area contributed by atoms with Gasteiger partial charge in [-0.1, -0.05) is 0 Å². The quantitative estimate of drug-likeness (QED) is 0.103. The van der Waals surface area contributed by atoms with Gasteiger partial charge in [-0.05, 0) is 32.7 Å². The Morgan fingerprint density at radius 1 is 1.04 bits per heavy atom. The van der Waals surface area contributed by atoms with Crippen LogP contribution in [0, 0.1) is 0 Å². The SMILES string of the molecule is C[C@@H]1NC(=O)[C@H](N)CNC(=O)[C@H]([C@@H]2CCN=C(N)N2)NC(=O)/C(=C\NC(N)=O)NC(=O)[C@@H](CNC(=O)C[C@H](N)CCCN)NC1=O. The summed E-state index contributed by atoms with van der Waals surface area (Å²) in [6.45, 7) is 1.08. The van der Waals surface area contributed by atoms with Gasteiger partial charge in [0.1, 0.15) is 29.9 Å². The van der Waals surface area contributed by atoms with Gasteiger partial charge >= 0.3 is 6.03 Å². The number of carbonyl (C=O) groups excluding carboxylic acids is 7. The van der Waals surface area contributed by atoms with E-state index < -0.39 is 90.0 Å².